The zero-order valence-electron chi connectivity index (χ0n) is 18.1. The van der Waals surface area contributed by atoms with Crippen molar-refractivity contribution in [1.29, 1.82) is 0 Å². The molecular weight excluding hydrogens is 446 g/mol. The number of alkyl carbamates (subject to hydrolysis) is 1. The van der Waals surface area contributed by atoms with E-state index in [-0.39, 0.29) is 12.5 Å². The van der Waals surface area contributed by atoms with Crippen molar-refractivity contribution in [3.05, 3.63) is 34.9 Å². The van der Waals surface area contributed by atoms with Crippen molar-refractivity contribution in [3.63, 3.8) is 0 Å². The standard InChI is InChI=1S/C20H24F6N2O4/c1-18(2,3)32-17(31)27-14(16(30)28(4)5)6-7-15(29)11-8-12(19(21,22)23)10-13(9-11)20(24,25)26/h8-10,14H,6-7H2,1-5H3,(H,27,31)/t14-/m0/s1. The van der Waals surface area contributed by atoms with Crippen LogP contribution in [0.15, 0.2) is 18.2 Å². The molecule has 0 unspecified atom stereocenters. The van der Waals surface area contributed by atoms with E-state index in [0.29, 0.717) is 12.1 Å². The second-order valence-corrected chi connectivity index (χ2v) is 8.19. The van der Waals surface area contributed by atoms with Crippen LogP contribution in [0.2, 0.25) is 0 Å². The van der Waals surface area contributed by atoms with E-state index in [0.717, 1.165) is 4.90 Å². The number of hydrogen-bond donors (Lipinski definition) is 1. The molecule has 0 bridgehead atoms. The molecule has 0 aliphatic rings. The van der Waals surface area contributed by atoms with Gasteiger partial charge in [-0.25, -0.2) is 4.79 Å². The number of amides is 2. The maximum Gasteiger partial charge on any atom is 0.416 e. The van der Waals surface area contributed by atoms with E-state index in [4.69, 9.17) is 4.74 Å². The molecule has 1 rings (SSSR count). The number of nitrogens with one attached hydrogen (secondary N) is 1. The molecule has 6 nitrogen and oxygen atoms in total. The second-order valence-electron chi connectivity index (χ2n) is 8.19. The summed E-state index contributed by atoms with van der Waals surface area (Å²) in [6, 6.07) is -0.723. The number of Topliss-reactive ketones (excluding diaryl/α,β-unsaturated/α-hetero) is 1. The highest BCUT2D eigenvalue weighted by molar-refractivity contribution is 5.97. The second kappa shape index (κ2) is 9.78. The smallest absolute Gasteiger partial charge is 0.416 e. The first kappa shape index (κ1) is 27.2. The molecule has 1 N–H and O–H groups in total. The lowest BCUT2D eigenvalue weighted by Crippen LogP contribution is -2.47. The van der Waals surface area contributed by atoms with Crippen molar-refractivity contribution < 1.29 is 45.5 Å². The summed E-state index contributed by atoms with van der Waals surface area (Å²) >= 11 is 0. The van der Waals surface area contributed by atoms with Crippen molar-refractivity contribution in [1.82, 2.24) is 10.2 Å². The number of ketones is 1. The molecule has 1 aromatic rings. The van der Waals surface area contributed by atoms with Crippen molar-refractivity contribution in [2.45, 2.75) is 57.6 Å². The first-order valence-corrected chi connectivity index (χ1v) is 9.34. The molecule has 32 heavy (non-hydrogen) atoms. The number of rotatable bonds is 6. The predicted molar refractivity (Wildman–Crippen MR) is 102 cm³/mol. The van der Waals surface area contributed by atoms with Gasteiger partial charge in [-0.1, -0.05) is 0 Å². The Morgan fingerprint density at radius 1 is 0.938 bits per heavy atom. The molecule has 0 aliphatic heterocycles. The summed E-state index contributed by atoms with van der Waals surface area (Å²) in [7, 11) is 2.74. The largest absolute Gasteiger partial charge is 0.444 e. The number of carbonyl (C=O) groups is 3. The molecule has 180 valence electrons. The van der Waals surface area contributed by atoms with Crippen LogP contribution in [0.5, 0.6) is 0 Å². The van der Waals surface area contributed by atoms with Gasteiger partial charge in [0, 0.05) is 26.1 Å². The summed E-state index contributed by atoms with van der Waals surface area (Å²) < 4.78 is 83.0. The minimum atomic E-state index is -5.10. The SMILES string of the molecule is CN(C)C(=O)[C@H](CCC(=O)c1cc(C(F)(F)F)cc(C(F)(F)F)c1)NC(=O)OC(C)(C)C. The Bertz CT molecular complexity index is 825. The minimum absolute atomic E-state index is 0.0841. The Kier molecular flexibility index (Phi) is 8.33. The first-order valence-electron chi connectivity index (χ1n) is 9.34. The third-order valence-corrected chi connectivity index (χ3v) is 4.00. The zero-order valence-corrected chi connectivity index (χ0v) is 18.1. The van der Waals surface area contributed by atoms with E-state index in [2.05, 4.69) is 5.32 Å². The van der Waals surface area contributed by atoms with E-state index in [9.17, 15) is 40.7 Å². The number of benzene rings is 1. The third-order valence-electron chi connectivity index (χ3n) is 4.00. The molecule has 0 fully saturated rings. The summed E-state index contributed by atoms with van der Waals surface area (Å²) in [4.78, 5) is 37.8. The van der Waals surface area contributed by atoms with Crippen LogP contribution in [-0.2, 0) is 21.9 Å². The van der Waals surface area contributed by atoms with E-state index in [1.807, 2.05) is 0 Å². The van der Waals surface area contributed by atoms with Crippen LogP contribution in [0.25, 0.3) is 0 Å². The molecule has 12 heteroatoms. The van der Waals surface area contributed by atoms with Crippen molar-refractivity contribution in [3.8, 4) is 0 Å². The lowest BCUT2D eigenvalue weighted by molar-refractivity contribution is -0.143. The Morgan fingerprint density at radius 3 is 1.78 bits per heavy atom. The summed E-state index contributed by atoms with van der Waals surface area (Å²) in [6.07, 6.45) is -12.1. The topological polar surface area (TPSA) is 75.7 Å². The number of halogens is 6. The zero-order chi connectivity index (χ0) is 25.1. The molecule has 1 atom stereocenters. The number of likely N-dealkylation sites (N-methyl/N-ethyl adjacent to an activating group) is 1. The Labute approximate surface area is 180 Å². The van der Waals surface area contributed by atoms with Gasteiger partial charge in [0.1, 0.15) is 11.6 Å². The van der Waals surface area contributed by atoms with Crippen molar-refractivity contribution in [2.24, 2.45) is 0 Å². The van der Waals surface area contributed by atoms with Crippen LogP contribution in [0, 0.1) is 0 Å². The molecule has 1 aromatic carbocycles. The highest BCUT2D eigenvalue weighted by Gasteiger charge is 2.37. The van der Waals surface area contributed by atoms with Crippen LogP contribution in [0.4, 0.5) is 31.1 Å². The summed E-state index contributed by atoms with van der Waals surface area (Å²) in [5.41, 5.74) is -4.94. The average Bonchev–Trinajstić information content (AvgIpc) is 2.60. The third kappa shape index (κ3) is 8.39. The number of hydrogen-bond acceptors (Lipinski definition) is 4. The molecule has 0 aliphatic carbocycles. The Morgan fingerprint density at radius 2 is 1.41 bits per heavy atom. The van der Waals surface area contributed by atoms with Gasteiger partial charge in [-0.05, 0) is 45.4 Å². The van der Waals surface area contributed by atoms with E-state index in [1.165, 1.54) is 14.1 Å². The van der Waals surface area contributed by atoms with Crippen LogP contribution < -0.4 is 5.32 Å². The number of ether oxygens (including phenoxy) is 1. The Balaban J connectivity index is 3.12. The molecule has 0 spiro atoms. The van der Waals surface area contributed by atoms with Crippen LogP contribution in [-0.4, -0.2) is 48.4 Å². The van der Waals surface area contributed by atoms with Gasteiger partial charge in [-0.3, -0.25) is 9.59 Å². The van der Waals surface area contributed by atoms with E-state index >= 15 is 0 Å². The van der Waals surface area contributed by atoms with Crippen LogP contribution in [0.3, 0.4) is 0 Å². The van der Waals surface area contributed by atoms with Gasteiger partial charge in [-0.2, -0.15) is 26.3 Å². The molecule has 0 radical (unpaired) electrons. The van der Waals surface area contributed by atoms with Gasteiger partial charge in [-0.15, -0.1) is 0 Å². The summed E-state index contributed by atoms with van der Waals surface area (Å²) in [5, 5.41) is 2.27. The van der Waals surface area contributed by atoms with Gasteiger partial charge < -0.3 is 15.0 Å². The average molecular weight is 470 g/mol. The monoisotopic (exact) mass is 470 g/mol. The Hall–Kier alpha value is -2.79. The predicted octanol–water partition coefficient (Wildman–Crippen LogP) is 4.67. The van der Waals surface area contributed by atoms with Crippen LogP contribution >= 0.6 is 0 Å². The minimum Gasteiger partial charge on any atom is -0.444 e. The molecule has 0 aromatic heterocycles. The van der Waals surface area contributed by atoms with Crippen molar-refractivity contribution in [2.75, 3.05) is 14.1 Å². The number of nitrogens with zero attached hydrogens (tertiary/aromatic N) is 1. The van der Waals surface area contributed by atoms with Gasteiger partial charge in [0.2, 0.25) is 5.91 Å². The normalized spacial score (nSPS) is 13.3. The maximum absolute atomic E-state index is 13.0. The van der Waals surface area contributed by atoms with Crippen molar-refractivity contribution >= 4 is 17.8 Å². The molecular formula is C20H24F6N2O4. The number of carbonyl (C=O) groups excluding carboxylic acids is 3. The maximum atomic E-state index is 13.0. The quantitative estimate of drug-likeness (QED) is 0.485. The van der Waals surface area contributed by atoms with E-state index < -0.39 is 64.9 Å². The fraction of sp³-hybridized carbons (Fsp3) is 0.550. The van der Waals surface area contributed by atoms with Gasteiger partial charge >= 0.3 is 18.4 Å². The lowest BCUT2D eigenvalue weighted by Gasteiger charge is -2.25. The summed E-state index contributed by atoms with van der Waals surface area (Å²) in [5.74, 6) is -1.69. The molecule has 0 saturated carbocycles. The fourth-order valence-electron chi connectivity index (χ4n) is 2.55. The fourth-order valence-corrected chi connectivity index (χ4v) is 2.55. The highest BCUT2D eigenvalue weighted by atomic mass is 19.4. The molecule has 0 saturated heterocycles. The van der Waals surface area contributed by atoms with Gasteiger partial charge in [0.05, 0.1) is 11.1 Å². The summed E-state index contributed by atoms with van der Waals surface area (Å²) in [6.45, 7) is 4.72. The van der Waals surface area contributed by atoms with E-state index in [1.54, 1.807) is 20.8 Å². The molecule has 2 amide bonds. The van der Waals surface area contributed by atoms with Gasteiger partial charge in [0.25, 0.3) is 0 Å². The van der Waals surface area contributed by atoms with Gasteiger partial charge in [0.15, 0.2) is 5.78 Å². The van der Waals surface area contributed by atoms with Crippen LogP contribution in [0.1, 0.15) is 55.1 Å². The first-order chi connectivity index (χ1) is 14.3. The lowest BCUT2D eigenvalue weighted by atomic mass is 9.98. The highest BCUT2D eigenvalue weighted by Crippen LogP contribution is 2.36. The number of alkyl halides is 6. The molecule has 0 heterocycles.